The van der Waals surface area contributed by atoms with E-state index in [0.29, 0.717) is 10.6 Å². The molecule has 0 N–H and O–H groups in total. The predicted molar refractivity (Wildman–Crippen MR) is 46.5 cm³/mol. The lowest BCUT2D eigenvalue weighted by molar-refractivity contribution is 1.45. The zero-order valence-electron chi connectivity index (χ0n) is 5.13. The quantitative estimate of drug-likeness (QED) is 0.281. The standard InChI is InChI=1S/C6H4N2S2/c1-5(8-4-9)6(2)10-3-7/h1-2H2. The number of thiocarbonyl (C=S) groups is 1. The summed E-state index contributed by atoms with van der Waals surface area (Å²) in [6.07, 6.45) is 0. The van der Waals surface area contributed by atoms with Crippen molar-refractivity contribution in [2.24, 2.45) is 4.99 Å². The number of rotatable bonds is 3. The summed E-state index contributed by atoms with van der Waals surface area (Å²) < 4.78 is 0. The highest BCUT2D eigenvalue weighted by molar-refractivity contribution is 8.07. The van der Waals surface area contributed by atoms with Gasteiger partial charge in [0, 0.05) is 4.91 Å². The third kappa shape index (κ3) is 3.21. The molecule has 0 unspecified atom stereocenters. The number of isothiocyanates is 1. The van der Waals surface area contributed by atoms with Gasteiger partial charge in [-0.15, -0.1) is 0 Å². The first-order valence-electron chi connectivity index (χ1n) is 2.24. The molecule has 0 heterocycles. The molecule has 0 aliphatic rings. The monoisotopic (exact) mass is 168 g/mol. The Morgan fingerprint density at radius 3 is 2.60 bits per heavy atom. The molecule has 0 atom stereocenters. The molecule has 0 aromatic carbocycles. The van der Waals surface area contributed by atoms with Crippen LogP contribution in [0.15, 0.2) is 28.8 Å². The molecule has 10 heavy (non-hydrogen) atoms. The van der Waals surface area contributed by atoms with Crippen molar-refractivity contribution in [2.45, 2.75) is 0 Å². The van der Waals surface area contributed by atoms with Crippen molar-refractivity contribution in [2.75, 3.05) is 0 Å². The molecule has 0 radical (unpaired) electrons. The summed E-state index contributed by atoms with van der Waals surface area (Å²) in [5.41, 5.74) is 0.390. The van der Waals surface area contributed by atoms with Gasteiger partial charge in [0.1, 0.15) is 5.40 Å². The van der Waals surface area contributed by atoms with Crippen LogP contribution in [0.4, 0.5) is 0 Å². The maximum atomic E-state index is 8.18. The first-order valence-corrected chi connectivity index (χ1v) is 3.47. The SMILES string of the molecule is C=C(N=C=S)C(=C)SC#N. The molecular formula is C6H4N2S2. The number of thioether (sulfide) groups is 1. The first kappa shape index (κ1) is 9.12. The van der Waals surface area contributed by atoms with Gasteiger partial charge in [0.05, 0.1) is 10.9 Å². The average molecular weight is 168 g/mol. The Bertz CT molecular complexity index is 243. The van der Waals surface area contributed by atoms with Crippen LogP contribution in [0.2, 0.25) is 0 Å². The van der Waals surface area contributed by atoms with Crippen molar-refractivity contribution >= 4 is 29.1 Å². The van der Waals surface area contributed by atoms with Gasteiger partial charge in [-0.05, 0) is 24.0 Å². The lowest BCUT2D eigenvalue weighted by Crippen LogP contribution is -1.73. The third-order valence-electron chi connectivity index (χ3n) is 0.671. The van der Waals surface area contributed by atoms with Gasteiger partial charge in [-0.25, -0.2) is 0 Å². The zero-order chi connectivity index (χ0) is 7.98. The van der Waals surface area contributed by atoms with Crippen molar-refractivity contribution in [3.8, 4) is 5.40 Å². The number of hydrogen-bond acceptors (Lipinski definition) is 4. The highest BCUT2D eigenvalue weighted by Crippen LogP contribution is 2.19. The van der Waals surface area contributed by atoms with Gasteiger partial charge in [-0.1, -0.05) is 13.2 Å². The lowest BCUT2D eigenvalue weighted by Gasteiger charge is -1.92. The minimum Gasteiger partial charge on any atom is -0.194 e. The van der Waals surface area contributed by atoms with E-state index in [4.69, 9.17) is 5.26 Å². The average Bonchev–Trinajstić information content (AvgIpc) is 1.89. The van der Waals surface area contributed by atoms with Crippen LogP contribution in [0.1, 0.15) is 0 Å². The van der Waals surface area contributed by atoms with Crippen LogP contribution in [0.25, 0.3) is 0 Å². The van der Waals surface area contributed by atoms with Crippen LogP contribution in [-0.2, 0) is 0 Å². The molecule has 50 valence electrons. The largest absolute Gasteiger partial charge is 0.194 e. The molecule has 0 saturated carbocycles. The number of hydrogen-bond donors (Lipinski definition) is 0. The van der Waals surface area contributed by atoms with E-state index in [0.717, 1.165) is 11.8 Å². The summed E-state index contributed by atoms with van der Waals surface area (Å²) >= 11 is 5.23. The summed E-state index contributed by atoms with van der Waals surface area (Å²) in [6.45, 7) is 7.02. The smallest absolute Gasteiger partial charge is 0.138 e. The topological polar surface area (TPSA) is 36.1 Å². The van der Waals surface area contributed by atoms with Crippen LogP contribution >= 0.6 is 24.0 Å². The van der Waals surface area contributed by atoms with Crippen molar-refractivity contribution in [1.82, 2.24) is 0 Å². The molecule has 0 aliphatic carbocycles. The molecule has 0 saturated heterocycles. The molecule has 0 aliphatic heterocycles. The summed E-state index contributed by atoms with van der Waals surface area (Å²) in [5.74, 6) is 0. The Labute approximate surface area is 69.0 Å². The van der Waals surface area contributed by atoms with Crippen LogP contribution in [0.3, 0.4) is 0 Å². The summed E-state index contributed by atoms with van der Waals surface area (Å²) in [4.78, 5) is 4.04. The van der Waals surface area contributed by atoms with Gasteiger partial charge < -0.3 is 0 Å². The molecule has 2 nitrogen and oxygen atoms in total. The third-order valence-corrected chi connectivity index (χ3v) is 1.34. The normalized spacial score (nSPS) is 7.10. The maximum absolute atomic E-state index is 8.18. The van der Waals surface area contributed by atoms with E-state index >= 15 is 0 Å². The molecule has 0 aromatic heterocycles. The van der Waals surface area contributed by atoms with E-state index in [1.165, 1.54) is 0 Å². The van der Waals surface area contributed by atoms with Crippen molar-refractivity contribution < 1.29 is 0 Å². The Morgan fingerprint density at radius 1 is 1.60 bits per heavy atom. The van der Waals surface area contributed by atoms with Crippen LogP contribution in [0.5, 0.6) is 0 Å². The number of aliphatic imine (C=N–C) groups is 1. The molecule has 0 bridgehead atoms. The van der Waals surface area contributed by atoms with Gasteiger partial charge in [0.15, 0.2) is 0 Å². The fraction of sp³-hybridized carbons (Fsp3) is 0. The maximum Gasteiger partial charge on any atom is 0.138 e. The fourth-order valence-corrected chi connectivity index (χ4v) is 0.615. The Kier molecular flexibility index (Phi) is 4.51. The van der Waals surface area contributed by atoms with E-state index in [2.05, 4.69) is 35.5 Å². The van der Waals surface area contributed by atoms with E-state index in [-0.39, 0.29) is 0 Å². The molecule has 0 aromatic rings. The second-order valence-electron chi connectivity index (χ2n) is 1.27. The van der Waals surface area contributed by atoms with E-state index in [1.54, 1.807) is 0 Å². The zero-order valence-corrected chi connectivity index (χ0v) is 6.76. The number of nitriles is 1. The van der Waals surface area contributed by atoms with Gasteiger partial charge in [0.25, 0.3) is 0 Å². The van der Waals surface area contributed by atoms with Crippen molar-refractivity contribution in [3.05, 3.63) is 23.8 Å². The lowest BCUT2D eigenvalue weighted by atomic mass is 10.5. The molecule has 0 spiro atoms. The van der Waals surface area contributed by atoms with Gasteiger partial charge >= 0.3 is 0 Å². The highest BCUT2D eigenvalue weighted by atomic mass is 32.2. The van der Waals surface area contributed by atoms with Gasteiger partial charge in [-0.3, -0.25) is 0 Å². The van der Waals surface area contributed by atoms with E-state index in [9.17, 15) is 0 Å². The van der Waals surface area contributed by atoms with Crippen LogP contribution in [0, 0.1) is 10.7 Å². The molecule has 0 amide bonds. The summed E-state index contributed by atoms with van der Waals surface area (Å²) in [7, 11) is 0. The summed E-state index contributed by atoms with van der Waals surface area (Å²) in [6, 6.07) is 0. The van der Waals surface area contributed by atoms with Crippen molar-refractivity contribution in [3.63, 3.8) is 0 Å². The Hall–Kier alpha value is -0.880. The minimum absolute atomic E-state index is 0.390. The van der Waals surface area contributed by atoms with Gasteiger partial charge in [-0.2, -0.15) is 10.3 Å². The van der Waals surface area contributed by atoms with Crippen LogP contribution in [-0.4, -0.2) is 5.16 Å². The van der Waals surface area contributed by atoms with E-state index in [1.807, 2.05) is 5.40 Å². The Morgan fingerprint density at radius 2 is 2.20 bits per heavy atom. The molecule has 4 heteroatoms. The molecular weight excluding hydrogens is 164 g/mol. The van der Waals surface area contributed by atoms with Gasteiger partial charge in [0.2, 0.25) is 0 Å². The minimum atomic E-state index is 0.390. The number of nitrogens with zero attached hydrogens (tertiary/aromatic N) is 2. The van der Waals surface area contributed by atoms with Crippen molar-refractivity contribution in [1.29, 1.82) is 5.26 Å². The fourth-order valence-electron chi connectivity index (χ4n) is 0.231. The molecule has 0 fully saturated rings. The molecule has 0 rings (SSSR count). The first-order chi connectivity index (χ1) is 4.72. The van der Waals surface area contributed by atoms with Crippen LogP contribution < -0.4 is 0 Å². The highest BCUT2D eigenvalue weighted by Gasteiger charge is 1.96. The van der Waals surface area contributed by atoms with E-state index < -0.39 is 0 Å². The second-order valence-corrected chi connectivity index (χ2v) is 2.33. The predicted octanol–water partition coefficient (Wildman–Crippen LogP) is 2.33. The Balaban J connectivity index is 4.12. The summed E-state index contributed by atoms with van der Waals surface area (Å²) in [5, 5.41) is 12.1. The number of thiocyanates is 1. The second kappa shape index (κ2) is 4.95.